The van der Waals surface area contributed by atoms with Crippen molar-refractivity contribution < 1.29 is 14.6 Å². The molecule has 21 heavy (non-hydrogen) atoms. The summed E-state index contributed by atoms with van der Waals surface area (Å²) >= 11 is 0. The molecule has 0 aromatic heterocycles. The maximum atomic E-state index is 11.9. The van der Waals surface area contributed by atoms with Crippen LogP contribution >= 0.6 is 0 Å². The molecule has 1 aliphatic heterocycles. The first-order valence-electron chi connectivity index (χ1n) is 7.38. The maximum Gasteiger partial charge on any atom is 0.227 e. The van der Waals surface area contributed by atoms with Crippen molar-refractivity contribution in [1.82, 2.24) is 10.2 Å². The van der Waals surface area contributed by atoms with Crippen molar-refractivity contribution in [2.75, 3.05) is 26.7 Å². The Hall–Kier alpha value is -1.75. The molecule has 1 heterocycles. The molecule has 0 spiro atoms. The summed E-state index contributed by atoms with van der Waals surface area (Å²) in [6, 6.07) is 5.54. The van der Waals surface area contributed by atoms with Crippen LogP contribution in [0, 0.1) is 5.41 Å². The van der Waals surface area contributed by atoms with E-state index in [4.69, 9.17) is 4.74 Å². The van der Waals surface area contributed by atoms with Gasteiger partial charge in [0.25, 0.3) is 0 Å². The van der Waals surface area contributed by atoms with Crippen LogP contribution in [0.4, 0.5) is 0 Å². The number of nitrogens with one attached hydrogen (secondary N) is 1. The van der Waals surface area contributed by atoms with E-state index in [-0.39, 0.29) is 17.1 Å². The van der Waals surface area contributed by atoms with Crippen LogP contribution in [0.1, 0.15) is 25.8 Å². The van der Waals surface area contributed by atoms with Gasteiger partial charge in [-0.25, -0.2) is 0 Å². The molecule has 1 saturated heterocycles. The van der Waals surface area contributed by atoms with E-state index in [1.807, 2.05) is 26.0 Å². The van der Waals surface area contributed by atoms with E-state index in [9.17, 15) is 9.90 Å². The Bertz CT molecular complexity index is 518. The zero-order chi connectivity index (χ0) is 15.5. The van der Waals surface area contributed by atoms with Crippen LogP contribution in [0.3, 0.4) is 0 Å². The summed E-state index contributed by atoms with van der Waals surface area (Å²) in [5, 5.41) is 13.0. The summed E-state index contributed by atoms with van der Waals surface area (Å²) in [5.74, 6) is 0.799. The van der Waals surface area contributed by atoms with E-state index in [1.54, 1.807) is 13.1 Å². The van der Waals surface area contributed by atoms with Crippen molar-refractivity contribution in [2.24, 2.45) is 5.41 Å². The summed E-state index contributed by atoms with van der Waals surface area (Å²) in [4.78, 5) is 14.1. The van der Waals surface area contributed by atoms with Gasteiger partial charge in [-0.1, -0.05) is 12.1 Å². The highest BCUT2D eigenvalue weighted by Crippen LogP contribution is 2.34. The Morgan fingerprint density at radius 2 is 2.29 bits per heavy atom. The van der Waals surface area contributed by atoms with E-state index in [0.29, 0.717) is 25.4 Å². The highest BCUT2D eigenvalue weighted by Gasteiger charge is 2.39. The second kappa shape index (κ2) is 6.35. The van der Waals surface area contributed by atoms with Gasteiger partial charge in [0.15, 0.2) is 11.5 Å². The predicted molar refractivity (Wildman–Crippen MR) is 81.3 cm³/mol. The Labute approximate surface area is 125 Å². The van der Waals surface area contributed by atoms with E-state index >= 15 is 0 Å². The molecular formula is C16H24N2O3. The third kappa shape index (κ3) is 3.29. The molecule has 1 aliphatic rings. The quantitative estimate of drug-likeness (QED) is 0.868. The number of hydrogen-bond acceptors (Lipinski definition) is 4. The zero-order valence-electron chi connectivity index (χ0n) is 13.0. The van der Waals surface area contributed by atoms with Crippen LogP contribution in [0.2, 0.25) is 0 Å². The van der Waals surface area contributed by atoms with Crippen molar-refractivity contribution in [3.05, 3.63) is 23.8 Å². The average Bonchev–Trinajstić information content (AvgIpc) is 2.85. The first-order valence-corrected chi connectivity index (χ1v) is 7.38. The van der Waals surface area contributed by atoms with Crippen LogP contribution in [-0.2, 0) is 11.3 Å². The first kappa shape index (κ1) is 15.6. The molecule has 0 aliphatic carbocycles. The summed E-state index contributed by atoms with van der Waals surface area (Å²) in [7, 11) is 1.67. The van der Waals surface area contributed by atoms with Gasteiger partial charge in [0.1, 0.15) is 0 Å². The monoisotopic (exact) mass is 292 g/mol. The smallest absolute Gasteiger partial charge is 0.227 e. The number of ether oxygens (including phenoxy) is 1. The minimum Gasteiger partial charge on any atom is -0.504 e. The number of aromatic hydroxyl groups is 1. The lowest BCUT2D eigenvalue weighted by atomic mass is 9.89. The van der Waals surface area contributed by atoms with Gasteiger partial charge in [0.05, 0.1) is 12.0 Å². The van der Waals surface area contributed by atoms with Crippen LogP contribution < -0.4 is 10.1 Å². The number of para-hydroxylation sites is 1. The van der Waals surface area contributed by atoms with Crippen LogP contribution in [0.25, 0.3) is 0 Å². The topological polar surface area (TPSA) is 61.8 Å². The standard InChI is InChI=1S/C16H24N2O3/c1-4-21-13-7-5-6-12(14(13)19)10-18-9-8-16(2,11-18)15(20)17-3/h5-7,19H,4,8-11H2,1-3H3,(H,17,20). The fraction of sp³-hybridized carbons (Fsp3) is 0.562. The molecule has 116 valence electrons. The van der Waals surface area contributed by atoms with Gasteiger partial charge in [0.2, 0.25) is 5.91 Å². The van der Waals surface area contributed by atoms with Crippen molar-refractivity contribution in [3.8, 4) is 11.5 Å². The van der Waals surface area contributed by atoms with Crippen molar-refractivity contribution >= 4 is 5.91 Å². The molecule has 5 heteroatoms. The van der Waals surface area contributed by atoms with E-state index < -0.39 is 0 Å². The summed E-state index contributed by atoms with van der Waals surface area (Å²) < 4.78 is 5.41. The SMILES string of the molecule is CCOc1cccc(CN2CCC(C)(C(=O)NC)C2)c1O. The summed E-state index contributed by atoms with van der Waals surface area (Å²) in [6.07, 6.45) is 0.832. The van der Waals surface area contributed by atoms with Gasteiger partial charge in [-0.05, 0) is 32.9 Å². The minimum absolute atomic E-state index is 0.0808. The molecule has 1 aromatic rings. The van der Waals surface area contributed by atoms with Gasteiger partial charge in [-0.2, -0.15) is 0 Å². The van der Waals surface area contributed by atoms with E-state index in [0.717, 1.165) is 18.5 Å². The van der Waals surface area contributed by atoms with Crippen molar-refractivity contribution in [2.45, 2.75) is 26.8 Å². The average molecular weight is 292 g/mol. The lowest BCUT2D eigenvalue weighted by Crippen LogP contribution is -2.39. The number of amides is 1. The molecule has 5 nitrogen and oxygen atoms in total. The molecule has 2 N–H and O–H groups in total. The number of likely N-dealkylation sites (tertiary alicyclic amines) is 1. The van der Waals surface area contributed by atoms with Gasteiger partial charge < -0.3 is 15.2 Å². The number of phenolic OH excluding ortho intramolecular Hbond substituents is 1. The van der Waals surface area contributed by atoms with Crippen LogP contribution in [0.15, 0.2) is 18.2 Å². The van der Waals surface area contributed by atoms with Crippen molar-refractivity contribution in [1.29, 1.82) is 0 Å². The third-order valence-electron chi connectivity index (χ3n) is 4.10. The summed E-state index contributed by atoms with van der Waals surface area (Å²) in [5.41, 5.74) is 0.490. The fourth-order valence-electron chi connectivity index (χ4n) is 2.89. The van der Waals surface area contributed by atoms with Crippen molar-refractivity contribution in [3.63, 3.8) is 0 Å². The molecule has 2 rings (SSSR count). The maximum absolute atomic E-state index is 11.9. The summed E-state index contributed by atoms with van der Waals surface area (Å²) in [6.45, 7) is 6.58. The highest BCUT2D eigenvalue weighted by molar-refractivity contribution is 5.82. The Morgan fingerprint density at radius 3 is 2.95 bits per heavy atom. The molecule has 0 bridgehead atoms. The minimum atomic E-state index is -0.345. The zero-order valence-corrected chi connectivity index (χ0v) is 13.0. The number of nitrogens with zero attached hydrogens (tertiary/aromatic N) is 1. The van der Waals surface area contributed by atoms with Gasteiger partial charge in [-0.3, -0.25) is 9.69 Å². The number of hydrogen-bond donors (Lipinski definition) is 2. The number of carbonyl (C=O) groups is 1. The van der Waals surface area contributed by atoms with E-state index in [1.165, 1.54) is 0 Å². The number of benzene rings is 1. The fourth-order valence-corrected chi connectivity index (χ4v) is 2.89. The number of rotatable bonds is 5. The highest BCUT2D eigenvalue weighted by atomic mass is 16.5. The van der Waals surface area contributed by atoms with Crippen LogP contribution in [0.5, 0.6) is 11.5 Å². The van der Waals surface area contributed by atoms with Gasteiger partial charge >= 0.3 is 0 Å². The second-order valence-electron chi connectivity index (χ2n) is 5.80. The van der Waals surface area contributed by atoms with Gasteiger partial charge in [0, 0.05) is 25.7 Å². The largest absolute Gasteiger partial charge is 0.504 e. The predicted octanol–water partition coefficient (Wildman–Crippen LogP) is 1.75. The molecule has 1 fully saturated rings. The molecular weight excluding hydrogens is 268 g/mol. The lowest BCUT2D eigenvalue weighted by molar-refractivity contribution is -0.129. The molecule has 1 unspecified atom stereocenters. The molecule has 0 saturated carbocycles. The molecule has 1 amide bonds. The third-order valence-corrected chi connectivity index (χ3v) is 4.10. The normalized spacial score (nSPS) is 22.2. The molecule has 1 atom stereocenters. The van der Waals surface area contributed by atoms with Crippen LogP contribution in [-0.4, -0.2) is 42.7 Å². The number of phenols is 1. The molecule has 0 radical (unpaired) electrons. The van der Waals surface area contributed by atoms with Gasteiger partial charge in [-0.15, -0.1) is 0 Å². The first-order chi connectivity index (χ1) is 10.00. The Balaban J connectivity index is 2.07. The number of carbonyl (C=O) groups excluding carboxylic acids is 1. The molecule has 1 aromatic carbocycles. The van der Waals surface area contributed by atoms with E-state index in [2.05, 4.69) is 10.2 Å². The lowest BCUT2D eigenvalue weighted by Gasteiger charge is -2.23. The Morgan fingerprint density at radius 1 is 1.52 bits per heavy atom. The second-order valence-corrected chi connectivity index (χ2v) is 5.80. The Kier molecular flexibility index (Phi) is 4.73.